The number of nitrogens with one attached hydrogen (secondary N) is 2. The van der Waals surface area contributed by atoms with Gasteiger partial charge in [-0.25, -0.2) is 0 Å². The SMILES string of the molecule is CC1(NCC(F)(F)F)CCC(Cc2ccccc2)(NCc2ccccc2)CC1. The van der Waals surface area contributed by atoms with E-state index in [1.54, 1.807) is 0 Å². The highest BCUT2D eigenvalue weighted by Gasteiger charge is 2.41. The predicted octanol–water partition coefficient (Wildman–Crippen LogP) is 5.24. The van der Waals surface area contributed by atoms with Crippen molar-refractivity contribution in [2.75, 3.05) is 6.54 Å². The standard InChI is InChI=1S/C23H29F3N2/c1-21(28-18-23(24,25)26)12-14-22(15-13-21,16-19-8-4-2-5-9-19)27-17-20-10-6-3-7-11-20/h2-11,27-28H,12-18H2,1H3. The Morgan fingerprint density at radius 2 is 1.32 bits per heavy atom. The molecule has 28 heavy (non-hydrogen) atoms. The molecule has 3 rings (SSSR count). The van der Waals surface area contributed by atoms with Gasteiger partial charge in [0, 0.05) is 17.6 Å². The lowest BCUT2D eigenvalue weighted by atomic mass is 9.70. The molecule has 1 aliphatic carbocycles. The fourth-order valence-electron chi connectivity index (χ4n) is 4.06. The summed E-state index contributed by atoms with van der Waals surface area (Å²) >= 11 is 0. The van der Waals surface area contributed by atoms with E-state index in [2.05, 4.69) is 34.9 Å². The summed E-state index contributed by atoms with van der Waals surface area (Å²) in [6.07, 6.45) is -0.162. The molecule has 1 fully saturated rings. The second-order valence-electron chi connectivity index (χ2n) is 8.31. The van der Waals surface area contributed by atoms with Crippen molar-refractivity contribution in [3.8, 4) is 0 Å². The Kier molecular flexibility index (Phi) is 6.46. The highest BCUT2D eigenvalue weighted by molar-refractivity contribution is 5.20. The van der Waals surface area contributed by atoms with E-state index in [4.69, 9.17) is 0 Å². The van der Waals surface area contributed by atoms with Gasteiger partial charge in [-0.05, 0) is 50.2 Å². The van der Waals surface area contributed by atoms with Gasteiger partial charge in [0.15, 0.2) is 0 Å². The molecule has 2 nitrogen and oxygen atoms in total. The van der Waals surface area contributed by atoms with Gasteiger partial charge in [0.05, 0.1) is 6.54 Å². The summed E-state index contributed by atoms with van der Waals surface area (Å²) in [6, 6.07) is 20.6. The van der Waals surface area contributed by atoms with Gasteiger partial charge in [0.1, 0.15) is 0 Å². The molecule has 0 amide bonds. The van der Waals surface area contributed by atoms with Crippen molar-refractivity contribution in [3.63, 3.8) is 0 Å². The average Bonchev–Trinajstić information content (AvgIpc) is 2.69. The number of alkyl halides is 3. The van der Waals surface area contributed by atoms with Crippen molar-refractivity contribution >= 4 is 0 Å². The van der Waals surface area contributed by atoms with Crippen LogP contribution >= 0.6 is 0 Å². The second kappa shape index (κ2) is 8.66. The predicted molar refractivity (Wildman–Crippen MR) is 107 cm³/mol. The molecular formula is C23H29F3N2. The maximum atomic E-state index is 12.7. The fraction of sp³-hybridized carbons (Fsp3) is 0.478. The van der Waals surface area contributed by atoms with Crippen molar-refractivity contribution in [2.24, 2.45) is 0 Å². The highest BCUT2D eigenvalue weighted by atomic mass is 19.4. The molecule has 5 heteroatoms. The molecule has 2 aromatic rings. The minimum absolute atomic E-state index is 0.101. The van der Waals surface area contributed by atoms with Crippen LogP contribution in [0.1, 0.15) is 43.7 Å². The van der Waals surface area contributed by atoms with Crippen LogP contribution in [0.4, 0.5) is 13.2 Å². The highest BCUT2D eigenvalue weighted by Crippen LogP contribution is 2.37. The van der Waals surface area contributed by atoms with Gasteiger partial charge < -0.3 is 10.6 Å². The topological polar surface area (TPSA) is 24.1 Å². The van der Waals surface area contributed by atoms with Gasteiger partial charge in [-0.3, -0.25) is 0 Å². The van der Waals surface area contributed by atoms with Crippen LogP contribution in [-0.2, 0) is 13.0 Å². The van der Waals surface area contributed by atoms with E-state index in [-0.39, 0.29) is 5.54 Å². The Labute approximate surface area is 165 Å². The Bertz CT molecular complexity index is 721. The zero-order valence-corrected chi connectivity index (χ0v) is 16.4. The molecule has 0 radical (unpaired) electrons. The minimum atomic E-state index is -4.17. The van der Waals surface area contributed by atoms with Crippen molar-refractivity contribution < 1.29 is 13.2 Å². The van der Waals surface area contributed by atoms with Gasteiger partial charge in [-0.2, -0.15) is 13.2 Å². The van der Waals surface area contributed by atoms with Crippen LogP contribution in [0.15, 0.2) is 60.7 Å². The summed E-state index contributed by atoms with van der Waals surface area (Å²) in [5.74, 6) is 0. The van der Waals surface area contributed by atoms with Crippen molar-refractivity contribution in [1.29, 1.82) is 0 Å². The Hall–Kier alpha value is -1.85. The molecule has 0 saturated heterocycles. The van der Waals surface area contributed by atoms with Crippen LogP contribution in [-0.4, -0.2) is 23.8 Å². The zero-order chi connectivity index (χ0) is 20.1. The third-order valence-electron chi connectivity index (χ3n) is 5.92. The lowest BCUT2D eigenvalue weighted by molar-refractivity contribution is -0.129. The molecule has 152 valence electrons. The molecule has 0 unspecified atom stereocenters. The lowest BCUT2D eigenvalue weighted by Crippen LogP contribution is -2.57. The van der Waals surface area contributed by atoms with Crippen molar-refractivity contribution in [1.82, 2.24) is 10.6 Å². The van der Waals surface area contributed by atoms with Gasteiger partial charge in [0.25, 0.3) is 0 Å². The second-order valence-corrected chi connectivity index (χ2v) is 8.31. The molecule has 0 heterocycles. The molecule has 1 saturated carbocycles. The maximum Gasteiger partial charge on any atom is 0.401 e. The smallest absolute Gasteiger partial charge is 0.307 e. The van der Waals surface area contributed by atoms with Crippen molar-refractivity contribution in [2.45, 2.75) is 62.8 Å². The fourth-order valence-corrected chi connectivity index (χ4v) is 4.06. The minimum Gasteiger partial charge on any atom is -0.307 e. The van der Waals surface area contributed by atoms with E-state index in [1.165, 1.54) is 11.1 Å². The molecule has 1 aliphatic rings. The first-order valence-corrected chi connectivity index (χ1v) is 9.92. The first-order valence-electron chi connectivity index (χ1n) is 9.92. The van der Waals surface area contributed by atoms with Gasteiger partial charge >= 0.3 is 6.18 Å². The van der Waals surface area contributed by atoms with E-state index >= 15 is 0 Å². The number of rotatable bonds is 7. The van der Waals surface area contributed by atoms with Gasteiger partial charge in [-0.15, -0.1) is 0 Å². The molecule has 0 spiro atoms. The van der Waals surface area contributed by atoms with Crippen LogP contribution < -0.4 is 10.6 Å². The van der Waals surface area contributed by atoms with Crippen LogP contribution in [0.3, 0.4) is 0 Å². The lowest BCUT2D eigenvalue weighted by Gasteiger charge is -2.46. The third-order valence-corrected chi connectivity index (χ3v) is 5.92. The number of benzene rings is 2. The number of halogens is 3. The summed E-state index contributed by atoms with van der Waals surface area (Å²) in [4.78, 5) is 0. The van der Waals surface area contributed by atoms with Crippen LogP contribution in [0.25, 0.3) is 0 Å². The largest absolute Gasteiger partial charge is 0.401 e. The molecule has 0 atom stereocenters. The molecule has 0 aromatic heterocycles. The quantitative estimate of drug-likeness (QED) is 0.675. The summed E-state index contributed by atoms with van der Waals surface area (Å²) in [5.41, 5.74) is 1.91. The van der Waals surface area contributed by atoms with E-state index in [9.17, 15) is 13.2 Å². The molecule has 2 N–H and O–H groups in total. The summed E-state index contributed by atoms with van der Waals surface area (Å²) in [6.45, 7) is 1.76. The van der Waals surface area contributed by atoms with Crippen LogP contribution in [0.2, 0.25) is 0 Å². The first-order chi connectivity index (χ1) is 13.3. The summed E-state index contributed by atoms with van der Waals surface area (Å²) < 4.78 is 38.0. The van der Waals surface area contributed by atoms with E-state index in [0.29, 0.717) is 0 Å². The normalized spacial score (nSPS) is 25.6. The summed E-state index contributed by atoms with van der Waals surface area (Å²) in [5, 5.41) is 6.52. The van der Waals surface area contributed by atoms with E-state index in [1.807, 2.05) is 43.3 Å². The van der Waals surface area contributed by atoms with Crippen LogP contribution in [0.5, 0.6) is 0 Å². The average molecular weight is 390 g/mol. The third kappa shape index (κ3) is 6.08. The van der Waals surface area contributed by atoms with Crippen LogP contribution in [0, 0.1) is 0 Å². The Morgan fingerprint density at radius 3 is 1.86 bits per heavy atom. The first kappa shape index (κ1) is 20.9. The molecular weight excluding hydrogens is 361 g/mol. The van der Waals surface area contributed by atoms with Crippen molar-refractivity contribution in [3.05, 3.63) is 71.8 Å². The monoisotopic (exact) mass is 390 g/mol. The zero-order valence-electron chi connectivity index (χ0n) is 16.4. The Balaban J connectivity index is 1.69. The van der Waals surface area contributed by atoms with Gasteiger partial charge in [-0.1, -0.05) is 60.7 Å². The van der Waals surface area contributed by atoms with E-state index < -0.39 is 18.3 Å². The molecule has 0 bridgehead atoms. The molecule has 2 aromatic carbocycles. The number of hydrogen-bond acceptors (Lipinski definition) is 2. The Morgan fingerprint density at radius 1 is 0.786 bits per heavy atom. The maximum absolute atomic E-state index is 12.7. The molecule has 0 aliphatic heterocycles. The number of hydrogen-bond donors (Lipinski definition) is 2. The van der Waals surface area contributed by atoms with E-state index in [0.717, 1.165) is 38.6 Å². The van der Waals surface area contributed by atoms with Gasteiger partial charge in [0.2, 0.25) is 0 Å². The summed E-state index contributed by atoms with van der Waals surface area (Å²) in [7, 11) is 0.